The van der Waals surface area contributed by atoms with Gasteiger partial charge in [-0.05, 0) is 49.1 Å². The van der Waals surface area contributed by atoms with Gasteiger partial charge in [0.1, 0.15) is 5.76 Å². The third-order valence-corrected chi connectivity index (χ3v) is 5.08. The fraction of sp³-hybridized carbons (Fsp3) is 0.600. The normalized spacial score (nSPS) is 37.6. The second-order valence-corrected chi connectivity index (χ2v) is 5.82. The van der Waals surface area contributed by atoms with E-state index in [2.05, 4.69) is 32.9 Å². The van der Waals surface area contributed by atoms with Crippen molar-refractivity contribution in [2.75, 3.05) is 0 Å². The van der Waals surface area contributed by atoms with Crippen LogP contribution in [-0.2, 0) is 6.42 Å². The third-order valence-electron chi connectivity index (χ3n) is 5.08. The largest absolute Gasteiger partial charge is 0.468 e. The van der Waals surface area contributed by atoms with E-state index in [4.69, 9.17) is 4.42 Å². The van der Waals surface area contributed by atoms with Crippen LogP contribution in [0.25, 0.3) is 0 Å². The molecule has 1 aromatic rings. The molecule has 0 saturated heterocycles. The Hall–Kier alpha value is -0.980. The summed E-state index contributed by atoms with van der Waals surface area (Å²) in [5.41, 5.74) is 3.41. The van der Waals surface area contributed by atoms with Gasteiger partial charge in [0, 0.05) is 5.92 Å². The highest BCUT2D eigenvalue weighted by Crippen LogP contribution is 2.51. The van der Waals surface area contributed by atoms with Crippen LogP contribution in [0, 0.1) is 11.3 Å². The Bertz CT molecular complexity index is 440. The molecule has 0 amide bonds. The Labute approximate surface area is 97.5 Å². The van der Waals surface area contributed by atoms with Crippen molar-refractivity contribution in [1.29, 1.82) is 0 Å². The summed E-state index contributed by atoms with van der Waals surface area (Å²) in [4.78, 5) is 0. The quantitative estimate of drug-likeness (QED) is 0.589. The van der Waals surface area contributed by atoms with Crippen molar-refractivity contribution in [3.05, 3.63) is 35.3 Å². The van der Waals surface area contributed by atoms with Gasteiger partial charge in [-0.2, -0.15) is 0 Å². The van der Waals surface area contributed by atoms with Gasteiger partial charge in [0.25, 0.3) is 0 Å². The Morgan fingerprint density at radius 2 is 2.25 bits per heavy atom. The minimum atomic E-state index is 0.408. The molecule has 3 aliphatic rings. The van der Waals surface area contributed by atoms with E-state index in [1.807, 2.05) is 6.26 Å². The number of furan rings is 1. The van der Waals surface area contributed by atoms with Crippen LogP contribution in [0.1, 0.15) is 50.9 Å². The van der Waals surface area contributed by atoms with Gasteiger partial charge in [-0.1, -0.05) is 25.5 Å². The Balaban J connectivity index is 2.14. The fourth-order valence-electron chi connectivity index (χ4n) is 3.49. The van der Waals surface area contributed by atoms with Gasteiger partial charge < -0.3 is 4.42 Å². The molecule has 0 N–H and O–H groups in total. The molecule has 1 heteroatoms. The molecular formula is C15H20O. The summed E-state index contributed by atoms with van der Waals surface area (Å²) < 4.78 is 5.70. The first-order valence-corrected chi connectivity index (χ1v) is 6.36. The highest BCUT2D eigenvalue weighted by Gasteiger charge is 2.40. The number of allylic oxidation sites excluding steroid dienone is 2. The second kappa shape index (κ2) is 3.26. The van der Waals surface area contributed by atoms with Gasteiger partial charge in [0.2, 0.25) is 0 Å². The Morgan fingerprint density at radius 3 is 3.00 bits per heavy atom. The van der Waals surface area contributed by atoms with Crippen LogP contribution in [-0.4, -0.2) is 0 Å². The molecule has 86 valence electrons. The molecular weight excluding hydrogens is 196 g/mol. The number of rotatable bonds is 0. The van der Waals surface area contributed by atoms with E-state index in [-0.39, 0.29) is 0 Å². The lowest BCUT2D eigenvalue weighted by Gasteiger charge is -2.44. The maximum Gasteiger partial charge on any atom is 0.113 e. The summed E-state index contributed by atoms with van der Waals surface area (Å²) in [6, 6.07) is 2.16. The van der Waals surface area contributed by atoms with Crippen molar-refractivity contribution in [1.82, 2.24) is 0 Å². The monoisotopic (exact) mass is 216 g/mol. The van der Waals surface area contributed by atoms with Gasteiger partial charge in [-0.25, -0.2) is 0 Å². The smallest absolute Gasteiger partial charge is 0.113 e. The van der Waals surface area contributed by atoms with E-state index in [0.29, 0.717) is 11.3 Å². The standard InChI is InChI=1S/C15H20O/c1-10-8-13-9-11(2)15(10,3)6-4-12-5-7-16-14(12)13/h5,7-8,11,13H,4,6,9H2,1-3H3/t11-,13+,15-/m1/s1. The number of aryl methyl sites for hydroxylation is 1. The molecule has 1 heterocycles. The summed E-state index contributed by atoms with van der Waals surface area (Å²) in [5, 5.41) is 0. The molecule has 2 bridgehead atoms. The van der Waals surface area contributed by atoms with Crippen LogP contribution in [0.3, 0.4) is 0 Å². The average molecular weight is 216 g/mol. The fourth-order valence-corrected chi connectivity index (χ4v) is 3.49. The third kappa shape index (κ3) is 1.24. The molecule has 3 aliphatic carbocycles. The van der Waals surface area contributed by atoms with E-state index in [0.717, 1.165) is 5.92 Å². The van der Waals surface area contributed by atoms with Crippen molar-refractivity contribution in [2.24, 2.45) is 11.3 Å². The minimum absolute atomic E-state index is 0.408. The summed E-state index contributed by atoms with van der Waals surface area (Å²) in [6.45, 7) is 7.14. The van der Waals surface area contributed by atoms with Crippen LogP contribution < -0.4 is 0 Å². The Kier molecular flexibility index (Phi) is 2.07. The van der Waals surface area contributed by atoms with Crippen molar-refractivity contribution in [3.8, 4) is 0 Å². The molecule has 0 saturated carbocycles. The zero-order valence-corrected chi connectivity index (χ0v) is 10.4. The van der Waals surface area contributed by atoms with Crippen LogP contribution in [0.15, 0.2) is 28.4 Å². The van der Waals surface area contributed by atoms with Crippen LogP contribution in [0.4, 0.5) is 0 Å². The maximum absolute atomic E-state index is 5.70. The first kappa shape index (κ1) is 10.2. The molecule has 0 aromatic carbocycles. The van der Waals surface area contributed by atoms with Gasteiger partial charge in [0.15, 0.2) is 0 Å². The van der Waals surface area contributed by atoms with Crippen LogP contribution in [0.5, 0.6) is 0 Å². The van der Waals surface area contributed by atoms with Crippen molar-refractivity contribution in [3.63, 3.8) is 0 Å². The lowest BCUT2D eigenvalue weighted by atomic mass is 9.60. The molecule has 0 fully saturated rings. The average Bonchev–Trinajstić information content (AvgIpc) is 2.69. The molecule has 16 heavy (non-hydrogen) atoms. The van der Waals surface area contributed by atoms with E-state index < -0.39 is 0 Å². The lowest BCUT2D eigenvalue weighted by molar-refractivity contribution is 0.188. The number of hydrogen-bond acceptors (Lipinski definition) is 1. The first-order chi connectivity index (χ1) is 7.61. The molecule has 1 nitrogen and oxygen atoms in total. The zero-order valence-electron chi connectivity index (χ0n) is 10.4. The molecule has 0 radical (unpaired) electrons. The Morgan fingerprint density at radius 1 is 1.44 bits per heavy atom. The summed E-state index contributed by atoms with van der Waals surface area (Å²) in [7, 11) is 0. The highest BCUT2D eigenvalue weighted by molar-refractivity contribution is 5.33. The summed E-state index contributed by atoms with van der Waals surface area (Å²) in [5.74, 6) is 2.52. The van der Waals surface area contributed by atoms with Gasteiger partial charge >= 0.3 is 0 Å². The number of fused-ring (bicyclic) bond motifs is 2. The summed E-state index contributed by atoms with van der Waals surface area (Å²) >= 11 is 0. The molecule has 4 rings (SSSR count). The van der Waals surface area contributed by atoms with Crippen molar-refractivity contribution in [2.45, 2.75) is 46.0 Å². The molecule has 1 aromatic heterocycles. The molecule has 0 unspecified atom stereocenters. The van der Waals surface area contributed by atoms with E-state index in [1.165, 1.54) is 30.6 Å². The topological polar surface area (TPSA) is 13.1 Å². The molecule has 0 spiro atoms. The predicted octanol–water partition coefficient (Wildman–Crippen LogP) is 4.30. The minimum Gasteiger partial charge on any atom is -0.468 e. The second-order valence-electron chi connectivity index (χ2n) is 5.82. The molecule has 0 aliphatic heterocycles. The van der Waals surface area contributed by atoms with E-state index in [9.17, 15) is 0 Å². The van der Waals surface area contributed by atoms with Gasteiger partial charge in [0.05, 0.1) is 6.26 Å². The first-order valence-electron chi connectivity index (χ1n) is 6.36. The van der Waals surface area contributed by atoms with E-state index >= 15 is 0 Å². The van der Waals surface area contributed by atoms with Crippen LogP contribution >= 0.6 is 0 Å². The predicted molar refractivity (Wildman–Crippen MR) is 65.4 cm³/mol. The van der Waals surface area contributed by atoms with Gasteiger partial charge in [-0.15, -0.1) is 0 Å². The van der Waals surface area contributed by atoms with E-state index in [1.54, 1.807) is 5.57 Å². The maximum atomic E-state index is 5.70. The van der Waals surface area contributed by atoms with Crippen molar-refractivity contribution < 1.29 is 4.42 Å². The van der Waals surface area contributed by atoms with Crippen molar-refractivity contribution >= 4 is 0 Å². The van der Waals surface area contributed by atoms with Crippen LogP contribution in [0.2, 0.25) is 0 Å². The zero-order chi connectivity index (χ0) is 11.3. The SMILES string of the molecule is CC1=C[C@H]2C[C@@H](C)[C@]1(C)CCc1ccoc12. The highest BCUT2D eigenvalue weighted by atomic mass is 16.3. The summed E-state index contributed by atoms with van der Waals surface area (Å²) in [6.07, 6.45) is 7.99. The lowest BCUT2D eigenvalue weighted by Crippen LogP contribution is -2.34. The van der Waals surface area contributed by atoms with Gasteiger partial charge in [-0.3, -0.25) is 0 Å². The number of hydrogen-bond donors (Lipinski definition) is 0. The molecule has 3 atom stereocenters.